The number of likely N-dealkylation sites (tertiary alicyclic amines) is 1. The topological polar surface area (TPSA) is 163 Å². The lowest BCUT2D eigenvalue weighted by Gasteiger charge is -2.42. The van der Waals surface area contributed by atoms with Gasteiger partial charge in [-0.05, 0) is 50.4 Å². The van der Waals surface area contributed by atoms with E-state index in [0.29, 0.717) is 56.3 Å². The van der Waals surface area contributed by atoms with Crippen LogP contribution in [0.4, 0.5) is 11.5 Å². The van der Waals surface area contributed by atoms with Crippen molar-refractivity contribution in [3.05, 3.63) is 70.6 Å². The third-order valence-electron chi connectivity index (χ3n) is 9.80. The summed E-state index contributed by atoms with van der Waals surface area (Å²) >= 11 is 6.72. The van der Waals surface area contributed by atoms with Crippen LogP contribution in [-0.4, -0.2) is 105 Å². The molecule has 2 aromatic carbocycles. The number of carbonyl (C=O) groups is 2. The van der Waals surface area contributed by atoms with E-state index in [9.17, 15) is 14.9 Å². The Morgan fingerprint density at radius 3 is 2.70 bits per heavy atom. The summed E-state index contributed by atoms with van der Waals surface area (Å²) < 4.78 is 7.56. The number of likely N-dealkylation sites (N-methyl/N-ethyl adjacent to an activating group) is 1. The summed E-state index contributed by atoms with van der Waals surface area (Å²) in [5, 5.41) is 20.1. The molecule has 2 saturated heterocycles. The quantitative estimate of drug-likeness (QED) is 0.256. The van der Waals surface area contributed by atoms with E-state index in [1.54, 1.807) is 4.90 Å². The first-order valence-corrected chi connectivity index (χ1v) is 17.1. The largest absolute Gasteiger partial charge is 0.462 e. The zero-order valence-corrected chi connectivity index (χ0v) is 28.5. The van der Waals surface area contributed by atoms with Crippen molar-refractivity contribution in [1.82, 2.24) is 34.8 Å². The second-order valence-electron chi connectivity index (χ2n) is 12.9. The molecule has 3 aliphatic heterocycles. The monoisotopic (exact) mass is 695 g/mol. The molecular weight excluding hydrogens is 658 g/mol. The molecular formula is C35H38ClN11O3. The molecule has 4 aromatic rings. The molecule has 7 rings (SSSR count). The highest BCUT2D eigenvalue weighted by atomic mass is 35.5. The molecule has 0 radical (unpaired) electrons. The fourth-order valence-corrected chi connectivity index (χ4v) is 7.42. The predicted molar refractivity (Wildman–Crippen MR) is 189 cm³/mol. The second kappa shape index (κ2) is 14.3. The van der Waals surface area contributed by atoms with Crippen LogP contribution in [0.5, 0.6) is 6.01 Å². The Balaban J connectivity index is 1.16. The van der Waals surface area contributed by atoms with Gasteiger partial charge in [-0.1, -0.05) is 41.1 Å². The number of halogens is 1. The standard InChI is InChI=1S/C35H38ClN11O3/c1-43-14-4-7-25(43)22-50-35-39-28-20-44(30-9-3-6-23-5-2-8-27(36)32(23)30)15-11-26(28)34(40-35)45-17-18-47(24(19-45)10-13-37)31(48)12-16-46-21-29(33(38)49)41-42-46/h2-3,5-6,8-9,12,16,21,24-25H,4,7,10-11,14-15,17-20,22H2,1H3,(H2,38,49)/b16-12+/t24-,25-/m0/s1. The lowest BCUT2D eigenvalue weighted by Crippen LogP contribution is -2.55. The van der Waals surface area contributed by atoms with Gasteiger partial charge in [0.05, 0.1) is 42.0 Å². The maximum atomic E-state index is 13.3. The van der Waals surface area contributed by atoms with Gasteiger partial charge in [0.2, 0.25) is 5.91 Å². The maximum Gasteiger partial charge on any atom is 0.318 e. The average molecular weight is 696 g/mol. The number of fused-ring (bicyclic) bond motifs is 2. The van der Waals surface area contributed by atoms with Crippen LogP contribution in [0.3, 0.4) is 0 Å². The third kappa shape index (κ3) is 6.79. The van der Waals surface area contributed by atoms with E-state index in [1.165, 1.54) is 23.2 Å². The molecule has 15 heteroatoms. The first-order valence-electron chi connectivity index (χ1n) is 16.8. The number of benzene rings is 2. The Kier molecular flexibility index (Phi) is 9.51. The zero-order valence-electron chi connectivity index (χ0n) is 27.8. The van der Waals surface area contributed by atoms with E-state index in [4.69, 9.17) is 32.0 Å². The van der Waals surface area contributed by atoms with E-state index in [-0.39, 0.29) is 24.1 Å². The minimum Gasteiger partial charge on any atom is -0.462 e. The number of piperazine rings is 1. The summed E-state index contributed by atoms with van der Waals surface area (Å²) in [5.41, 5.74) is 8.24. The van der Waals surface area contributed by atoms with Gasteiger partial charge >= 0.3 is 6.01 Å². The summed E-state index contributed by atoms with van der Waals surface area (Å²) in [6.45, 7) is 4.13. The van der Waals surface area contributed by atoms with E-state index in [2.05, 4.69) is 62.4 Å². The molecule has 2 N–H and O–H groups in total. The van der Waals surface area contributed by atoms with Gasteiger partial charge in [0.1, 0.15) is 12.4 Å². The number of primary amides is 1. The number of carbonyl (C=O) groups excluding carboxylic acids is 2. The van der Waals surface area contributed by atoms with Crippen molar-refractivity contribution in [3.63, 3.8) is 0 Å². The molecule has 2 aromatic heterocycles. The predicted octanol–water partition coefficient (Wildman–Crippen LogP) is 3.11. The number of hydrogen-bond acceptors (Lipinski definition) is 11. The Labute approximate surface area is 294 Å². The van der Waals surface area contributed by atoms with Crippen molar-refractivity contribution in [2.24, 2.45) is 5.73 Å². The lowest BCUT2D eigenvalue weighted by molar-refractivity contribution is -0.128. The summed E-state index contributed by atoms with van der Waals surface area (Å²) in [7, 11) is 2.11. The number of nitriles is 1. The number of aromatic nitrogens is 5. The fourth-order valence-electron chi connectivity index (χ4n) is 7.14. The minimum atomic E-state index is -0.710. The molecule has 0 spiro atoms. The molecule has 50 heavy (non-hydrogen) atoms. The van der Waals surface area contributed by atoms with Crippen LogP contribution in [0.15, 0.2) is 48.7 Å². The molecule has 0 aliphatic carbocycles. The molecule has 2 atom stereocenters. The first kappa shape index (κ1) is 33.2. The minimum absolute atomic E-state index is 0.00565. The number of amides is 2. The van der Waals surface area contributed by atoms with Crippen LogP contribution in [0.1, 0.15) is 41.0 Å². The first-order chi connectivity index (χ1) is 24.3. The highest BCUT2D eigenvalue weighted by molar-refractivity contribution is 6.36. The molecule has 3 aliphatic rings. The van der Waals surface area contributed by atoms with E-state index in [1.807, 2.05) is 12.1 Å². The van der Waals surface area contributed by atoms with Gasteiger partial charge in [0.15, 0.2) is 5.69 Å². The van der Waals surface area contributed by atoms with Crippen molar-refractivity contribution in [1.29, 1.82) is 5.26 Å². The zero-order chi connectivity index (χ0) is 34.8. The van der Waals surface area contributed by atoms with Gasteiger partial charge in [-0.3, -0.25) is 9.59 Å². The van der Waals surface area contributed by atoms with E-state index in [0.717, 1.165) is 59.5 Å². The average Bonchev–Trinajstić information content (AvgIpc) is 3.78. The van der Waals surface area contributed by atoms with Crippen molar-refractivity contribution >= 4 is 51.9 Å². The van der Waals surface area contributed by atoms with E-state index >= 15 is 0 Å². The highest BCUT2D eigenvalue weighted by Crippen LogP contribution is 2.37. The molecule has 5 heterocycles. The van der Waals surface area contributed by atoms with Crippen molar-refractivity contribution in [2.75, 3.05) is 56.2 Å². The maximum absolute atomic E-state index is 13.3. The van der Waals surface area contributed by atoms with Gasteiger partial charge < -0.3 is 30.1 Å². The molecule has 0 saturated carbocycles. The van der Waals surface area contributed by atoms with Gasteiger partial charge in [0.25, 0.3) is 5.91 Å². The normalized spacial score (nSPS) is 19.6. The van der Waals surface area contributed by atoms with Crippen LogP contribution >= 0.6 is 11.6 Å². The van der Waals surface area contributed by atoms with Gasteiger partial charge in [-0.2, -0.15) is 15.2 Å². The van der Waals surface area contributed by atoms with Gasteiger partial charge in [-0.25, -0.2) is 4.68 Å². The van der Waals surface area contributed by atoms with Gasteiger partial charge in [-0.15, -0.1) is 5.10 Å². The molecule has 0 unspecified atom stereocenters. The lowest BCUT2D eigenvalue weighted by atomic mass is 10.0. The Morgan fingerprint density at radius 2 is 1.94 bits per heavy atom. The number of hydrogen-bond donors (Lipinski definition) is 1. The van der Waals surface area contributed by atoms with Crippen LogP contribution in [0, 0.1) is 11.3 Å². The van der Waals surface area contributed by atoms with Crippen molar-refractivity contribution < 1.29 is 14.3 Å². The molecule has 0 bridgehead atoms. The Morgan fingerprint density at radius 1 is 1.10 bits per heavy atom. The molecule has 258 valence electrons. The smallest absolute Gasteiger partial charge is 0.318 e. The Hall–Kier alpha value is -5.26. The molecule has 2 fully saturated rings. The fraction of sp³-hybridized carbons (Fsp3) is 0.400. The van der Waals surface area contributed by atoms with Crippen LogP contribution in [-0.2, 0) is 17.8 Å². The van der Waals surface area contributed by atoms with E-state index < -0.39 is 5.91 Å². The number of nitrogens with two attached hydrogens (primary N) is 1. The van der Waals surface area contributed by atoms with Crippen LogP contribution in [0.2, 0.25) is 5.02 Å². The summed E-state index contributed by atoms with van der Waals surface area (Å²) in [6.07, 6.45) is 7.15. The summed E-state index contributed by atoms with van der Waals surface area (Å²) in [6, 6.07) is 14.7. The van der Waals surface area contributed by atoms with Crippen molar-refractivity contribution in [3.8, 4) is 12.1 Å². The highest BCUT2D eigenvalue weighted by Gasteiger charge is 2.34. The van der Waals surface area contributed by atoms with Crippen LogP contribution < -0.4 is 20.3 Å². The molecule has 14 nitrogen and oxygen atoms in total. The number of rotatable bonds is 9. The number of anilines is 2. The number of nitrogens with zero attached hydrogens (tertiary/aromatic N) is 10. The van der Waals surface area contributed by atoms with Crippen molar-refractivity contribution in [2.45, 2.75) is 44.3 Å². The SMILES string of the molecule is CN1CCC[C@H]1COc1nc2c(c(N3CCN(C(=O)/C=C/n4cc(C(N)=O)nn4)[C@@H](CC#N)C3)n1)CCN(c1cccc3cccc(Cl)c13)C2. The number of ether oxygens (including phenoxy) is 1. The molecule has 2 amide bonds. The van der Waals surface area contributed by atoms with Crippen LogP contribution in [0.25, 0.3) is 17.0 Å². The second-order valence-corrected chi connectivity index (χ2v) is 13.3. The summed E-state index contributed by atoms with van der Waals surface area (Å²) in [4.78, 5) is 43.1. The van der Waals surface area contributed by atoms with Gasteiger partial charge in [0, 0.05) is 61.1 Å². The third-order valence-corrected chi connectivity index (χ3v) is 10.1. The Bertz CT molecular complexity index is 1990. The summed E-state index contributed by atoms with van der Waals surface area (Å²) in [5.74, 6) is -0.203.